The van der Waals surface area contributed by atoms with Gasteiger partial charge in [-0.25, -0.2) is 4.79 Å². The molecule has 0 bridgehead atoms. The normalized spacial score (nSPS) is 10.8. The Bertz CT molecular complexity index is 1020. The summed E-state index contributed by atoms with van der Waals surface area (Å²) in [4.78, 5) is 12.0. The summed E-state index contributed by atoms with van der Waals surface area (Å²) in [6.45, 7) is -0.154. The van der Waals surface area contributed by atoms with Crippen molar-refractivity contribution in [3.05, 3.63) is 59.0 Å². The van der Waals surface area contributed by atoms with Crippen molar-refractivity contribution < 1.29 is 28.2 Å². The van der Waals surface area contributed by atoms with Crippen molar-refractivity contribution in [2.24, 2.45) is 0 Å². The molecule has 0 atom stereocenters. The molecule has 30 heavy (non-hydrogen) atoms. The van der Waals surface area contributed by atoms with Crippen molar-refractivity contribution in [2.45, 2.75) is 6.61 Å². The molecule has 0 aliphatic heterocycles. The summed E-state index contributed by atoms with van der Waals surface area (Å²) in [5.41, 5.74) is 1.39. The molecule has 0 unspecified atom stereocenters. The van der Waals surface area contributed by atoms with E-state index in [1.807, 2.05) is 0 Å². The predicted octanol–water partition coefficient (Wildman–Crippen LogP) is 4.17. The van der Waals surface area contributed by atoms with Gasteiger partial charge in [-0.3, -0.25) is 0 Å². The van der Waals surface area contributed by atoms with Crippen LogP contribution in [0.1, 0.15) is 11.5 Å². The largest absolute Gasteiger partial charge is 0.493 e. The van der Waals surface area contributed by atoms with Gasteiger partial charge in [0.05, 0.1) is 21.3 Å². The molecule has 0 fully saturated rings. The zero-order chi connectivity index (χ0) is 21.5. The number of esters is 1. The number of benzene rings is 2. The van der Waals surface area contributed by atoms with Crippen molar-refractivity contribution in [1.29, 1.82) is 0 Å². The maximum atomic E-state index is 12.0. The first-order chi connectivity index (χ1) is 14.5. The van der Waals surface area contributed by atoms with E-state index in [0.717, 1.165) is 0 Å². The van der Waals surface area contributed by atoms with Gasteiger partial charge in [0.25, 0.3) is 5.89 Å². The third-order valence-electron chi connectivity index (χ3n) is 3.99. The van der Waals surface area contributed by atoms with Crippen molar-refractivity contribution in [3.8, 4) is 28.7 Å². The van der Waals surface area contributed by atoms with Crippen molar-refractivity contribution >= 4 is 23.6 Å². The molecule has 0 spiro atoms. The number of nitrogens with zero attached hydrogens (tertiary/aromatic N) is 2. The first kappa shape index (κ1) is 21.2. The molecule has 1 heterocycles. The lowest BCUT2D eigenvalue weighted by molar-refractivity contribution is -0.139. The molecule has 0 aliphatic rings. The molecule has 0 saturated carbocycles. The van der Waals surface area contributed by atoms with Crippen molar-refractivity contribution in [3.63, 3.8) is 0 Å². The molecular formula is C21H19ClN2O6. The number of hydrogen-bond acceptors (Lipinski definition) is 8. The minimum Gasteiger partial charge on any atom is -0.493 e. The number of halogens is 1. The lowest BCUT2D eigenvalue weighted by atomic mass is 10.1. The van der Waals surface area contributed by atoms with Gasteiger partial charge in [-0.2, -0.15) is 0 Å². The summed E-state index contributed by atoms with van der Waals surface area (Å²) in [5, 5.41) is 8.41. The first-order valence-corrected chi connectivity index (χ1v) is 9.15. The fraction of sp³-hybridized carbons (Fsp3) is 0.190. The molecule has 156 valence electrons. The molecule has 9 heteroatoms. The van der Waals surface area contributed by atoms with Crippen molar-refractivity contribution in [2.75, 3.05) is 21.3 Å². The SMILES string of the molecule is COc1cc(/C=C/C(=O)OCc2nnc(-c3ccc(Cl)cc3)o2)cc(OC)c1OC. The molecule has 0 radical (unpaired) electrons. The number of carbonyl (C=O) groups is 1. The molecule has 2 aromatic carbocycles. The van der Waals surface area contributed by atoms with Gasteiger partial charge in [0.15, 0.2) is 18.1 Å². The van der Waals surface area contributed by atoms with Crippen LogP contribution < -0.4 is 14.2 Å². The Morgan fingerprint density at radius 2 is 1.70 bits per heavy atom. The molecule has 0 aliphatic carbocycles. The minimum atomic E-state index is -0.574. The van der Waals surface area contributed by atoms with Gasteiger partial charge in [0, 0.05) is 16.7 Å². The maximum absolute atomic E-state index is 12.0. The maximum Gasteiger partial charge on any atom is 0.331 e. The van der Waals surface area contributed by atoms with E-state index in [-0.39, 0.29) is 12.5 Å². The molecule has 3 rings (SSSR count). The zero-order valence-corrected chi connectivity index (χ0v) is 17.3. The summed E-state index contributed by atoms with van der Waals surface area (Å²) in [7, 11) is 4.55. The highest BCUT2D eigenvalue weighted by atomic mass is 35.5. The summed E-state index contributed by atoms with van der Waals surface area (Å²) < 4.78 is 26.5. The second-order valence-electron chi connectivity index (χ2n) is 5.91. The average molecular weight is 431 g/mol. The van der Waals surface area contributed by atoms with Gasteiger partial charge < -0.3 is 23.4 Å². The van der Waals surface area contributed by atoms with Crippen LogP contribution in [0.15, 0.2) is 46.9 Å². The zero-order valence-electron chi connectivity index (χ0n) is 16.5. The smallest absolute Gasteiger partial charge is 0.331 e. The standard InChI is InChI=1S/C21H19ClN2O6/c1-26-16-10-13(11-17(27-2)20(16)28-3)4-9-19(25)29-12-18-23-24-21(30-18)14-5-7-15(22)8-6-14/h4-11H,12H2,1-3H3/b9-4+. The number of hydrogen-bond donors (Lipinski definition) is 0. The molecule has 0 N–H and O–H groups in total. The molecular weight excluding hydrogens is 412 g/mol. The summed E-state index contributed by atoms with van der Waals surface area (Å²) in [6.07, 6.45) is 2.84. The second-order valence-corrected chi connectivity index (χ2v) is 6.34. The van der Waals surface area contributed by atoms with Crippen LogP contribution in [-0.2, 0) is 16.1 Å². The lowest BCUT2D eigenvalue weighted by Gasteiger charge is -2.12. The van der Waals surface area contributed by atoms with Crippen LogP contribution in [0, 0.1) is 0 Å². The quantitative estimate of drug-likeness (QED) is 0.388. The van der Waals surface area contributed by atoms with Crippen LogP contribution in [0.2, 0.25) is 5.02 Å². The Morgan fingerprint density at radius 3 is 2.30 bits per heavy atom. The molecule has 3 aromatic rings. The van der Waals surface area contributed by atoms with Crippen LogP contribution >= 0.6 is 11.6 Å². The highest BCUT2D eigenvalue weighted by Crippen LogP contribution is 2.38. The van der Waals surface area contributed by atoms with Gasteiger partial charge in [-0.15, -0.1) is 10.2 Å². The fourth-order valence-electron chi connectivity index (χ4n) is 2.56. The monoisotopic (exact) mass is 430 g/mol. The lowest BCUT2D eigenvalue weighted by Crippen LogP contribution is -2.01. The third-order valence-corrected chi connectivity index (χ3v) is 4.25. The average Bonchev–Trinajstić information content (AvgIpc) is 3.24. The molecule has 1 aromatic heterocycles. The number of carbonyl (C=O) groups excluding carboxylic acids is 1. The Kier molecular flexibility index (Phi) is 6.92. The molecule has 0 amide bonds. The summed E-state index contributed by atoms with van der Waals surface area (Å²) in [5.74, 6) is 1.33. The van der Waals surface area contributed by atoms with Crippen molar-refractivity contribution in [1.82, 2.24) is 10.2 Å². The number of methoxy groups -OCH3 is 3. The van der Waals surface area contributed by atoms with E-state index >= 15 is 0 Å². The van der Waals surface area contributed by atoms with E-state index in [4.69, 9.17) is 35.0 Å². The van der Waals surface area contributed by atoms with Gasteiger partial charge in [0.2, 0.25) is 11.6 Å². The van der Waals surface area contributed by atoms with Gasteiger partial charge in [-0.1, -0.05) is 11.6 Å². The van der Waals surface area contributed by atoms with Gasteiger partial charge >= 0.3 is 5.97 Å². The van der Waals surface area contributed by atoms with E-state index in [1.54, 1.807) is 42.5 Å². The minimum absolute atomic E-state index is 0.154. The van der Waals surface area contributed by atoms with E-state index in [2.05, 4.69) is 10.2 Å². The number of aromatic nitrogens is 2. The van der Waals surface area contributed by atoms with E-state index in [1.165, 1.54) is 27.4 Å². The van der Waals surface area contributed by atoms with E-state index in [0.29, 0.717) is 39.3 Å². The predicted molar refractivity (Wildman–Crippen MR) is 110 cm³/mol. The van der Waals surface area contributed by atoms with Crippen LogP contribution in [0.3, 0.4) is 0 Å². The Balaban J connectivity index is 1.62. The molecule has 0 saturated heterocycles. The molecule has 8 nitrogen and oxygen atoms in total. The summed E-state index contributed by atoms with van der Waals surface area (Å²) in [6, 6.07) is 10.4. The Hall–Kier alpha value is -3.52. The van der Waals surface area contributed by atoms with Gasteiger partial charge in [-0.05, 0) is 48.0 Å². The summed E-state index contributed by atoms with van der Waals surface area (Å²) >= 11 is 5.86. The Labute approximate surface area is 178 Å². The highest BCUT2D eigenvalue weighted by molar-refractivity contribution is 6.30. The Morgan fingerprint density at radius 1 is 1.03 bits per heavy atom. The van der Waals surface area contributed by atoms with E-state index < -0.39 is 5.97 Å². The fourth-order valence-corrected chi connectivity index (χ4v) is 2.69. The third kappa shape index (κ3) is 5.09. The highest BCUT2D eigenvalue weighted by Gasteiger charge is 2.13. The van der Waals surface area contributed by atoms with Crippen LogP contribution in [0.4, 0.5) is 0 Å². The van der Waals surface area contributed by atoms with E-state index in [9.17, 15) is 4.79 Å². The number of ether oxygens (including phenoxy) is 4. The van der Waals surface area contributed by atoms with Crippen LogP contribution in [0.5, 0.6) is 17.2 Å². The first-order valence-electron chi connectivity index (χ1n) is 8.77. The van der Waals surface area contributed by atoms with Gasteiger partial charge in [0.1, 0.15) is 0 Å². The number of rotatable bonds is 8. The topological polar surface area (TPSA) is 92.9 Å². The second kappa shape index (κ2) is 9.80. The van der Waals surface area contributed by atoms with Crippen LogP contribution in [-0.4, -0.2) is 37.5 Å². The van der Waals surface area contributed by atoms with Crippen LogP contribution in [0.25, 0.3) is 17.5 Å².